The molecule has 0 radical (unpaired) electrons. The molecule has 152 valence electrons. The average Bonchev–Trinajstić information content (AvgIpc) is 3.31. The molecule has 0 fully saturated rings. The van der Waals surface area contributed by atoms with Gasteiger partial charge in [0.2, 0.25) is 0 Å². The van der Waals surface area contributed by atoms with Gasteiger partial charge in [-0.1, -0.05) is 53.0 Å². The van der Waals surface area contributed by atoms with Gasteiger partial charge in [0.15, 0.2) is 5.82 Å². The Morgan fingerprint density at radius 1 is 1.07 bits per heavy atom. The first-order valence-electron chi connectivity index (χ1n) is 8.68. The van der Waals surface area contributed by atoms with Crippen molar-refractivity contribution in [1.29, 1.82) is 0 Å². The number of rotatable bonds is 5. The summed E-state index contributed by atoms with van der Waals surface area (Å²) in [6, 6.07) is 12.8. The number of halogens is 4. The molecule has 1 amide bonds. The van der Waals surface area contributed by atoms with Crippen molar-refractivity contribution in [2.75, 3.05) is 5.32 Å². The Morgan fingerprint density at radius 2 is 1.90 bits per heavy atom. The second kappa shape index (κ2) is 8.47. The molecule has 0 aliphatic carbocycles. The SMILES string of the molecule is O=C(Nc1nn(Cc2cccc(F)c2)cc1Cl)c1cc(-c2ccc(Cl)c(Cl)c2)n[nH]1. The molecular formula is C20H13Cl3FN5O. The quantitative estimate of drug-likeness (QED) is 0.399. The van der Waals surface area contributed by atoms with Crippen LogP contribution in [0.5, 0.6) is 0 Å². The van der Waals surface area contributed by atoms with E-state index in [1.807, 2.05) is 0 Å². The van der Waals surface area contributed by atoms with Gasteiger partial charge in [0.25, 0.3) is 5.91 Å². The lowest BCUT2D eigenvalue weighted by atomic mass is 10.1. The number of aromatic nitrogens is 4. The summed E-state index contributed by atoms with van der Waals surface area (Å²) in [5, 5.41) is 14.8. The molecule has 0 bridgehead atoms. The third-order valence-electron chi connectivity index (χ3n) is 4.22. The van der Waals surface area contributed by atoms with Crippen LogP contribution in [-0.2, 0) is 6.54 Å². The van der Waals surface area contributed by atoms with Crippen LogP contribution in [0.25, 0.3) is 11.3 Å². The fourth-order valence-corrected chi connectivity index (χ4v) is 3.30. The summed E-state index contributed by atoms with van der Waals surface area (Å²) in [6.45, 7) is 0.304. The van der Waals surface area contributed by atoms with Crippen LogP contribution < -0.4 is 5.32 Å². The van der Waals surface area contributed by atoms with Crippen molar-refractivity contribution >= 4 is 46.5 Å². The summed E-state index contributed by atoms with van der Waals surface area (Å²) in [5.74, 6) is -0.619. The maximum atomic E-state index is 13.3. The van der Waals surface area contributed by atoms with Crippen molar-refractivity contribution in [1.82, 2.24) is 20.0 Å². The van der Waals surface area contributed by atoms with Crippen molar-refractivity contribution in [3.05, 3.63) is 86.9 Å². The summed E-state index contributed by atoms with van der Waals surface area (Å²) in [5.41, 5.74) is 2.16. The van der Waals surface area contributed by atoms with Crippen molar-refractivity contribution in [2.24, 2.45) is 0 Å². The third kappa shape index (κ3) is 4.48. The van der Waals surface area contributed by atoms with Crippen LogP contribution in [0.1, 0.15) is 16.1 Å². The standard InChI is InChI=1S/C20H13Cl3FN5O/c21-14-5-4-12(7-15(14)22)17-8-18(27-26-17)20(30)25-19-16(23)10-29(28-19)9-11-2-1-3-13(24)6-11/h1-8,10H,9H2,(H,26,27)(H,25,28,30). The number of anilines is 1. The van der Waals surface area contributed by atoms with E-state index in [0.717, 1.165) is 0 Å². The van der Waals surface area contributed by atoms with Crippen LogP contribution in [0.3, 0.4) is 0 Å². The first-order chi connectivity index (χ1) is 14.4. The van der Waals surface area contributed by atoms with Crippen molar-refractivity contribution < 1.29 is 9.18 Å². The number of H-pyrrole nitrogens is 1. The van der Waals surface area contributed by atoms with Crippen LogP contribution in [0.2, 0.25) is 15.1 Å². The number of aromatic amines is 1. The fraction of sp³-hybridized carbons (Fsp3) is 0.0500. The Kier molecular flexibility index (Phi) is 5.76. The highest BCUT2D eigenvalue weighted by Crippen LogP contribution is 2.28. The third-order valence-corrected chi connectivity index (χ3v) is 5.24. The summed E-state index contributed by atoms with van der Waals surface area (Å²) in [4.78, 5) is 12.6. The number of nitrogens with zero attached hydrogens (tertiary/aromatic N) is 3. The minimum atomic E-state index is -0.466. The lowest BCUT2D eigenvalue weighted by Gasteiger charge is -2.02. The predicted molar refractivity (Wildman–Crippen MR) is 115 cm³/mol. The largest absolute Gasteiger partial charge is 0.302 e. The van der Waals surface area contributed by atoms with Crippen molar-refractivity contribution in [3.63, 3.8) is 0 Å². The number of nitrogens with one attached hydrogen (secondary N) is 2. The smallest absolute Gasteiger partial charge is 0.274 e. The Balaban J connectivity index is 1.48. The van der Waals surface area contributed by atoms with Crippen molar-refractivity contribution in [3.8, 4) is 11.3 Å². The van der Waals surface area contributed by atoms with Gasteiger partial charge in [-0.25, -0.2) is 4.39 Å². The van der Waals surface area contributed by atoms with E-state index in [9.17, 15) is 9.18 Å². The molecule has 2 heterocycles. The van der Waals surface area contributed by atoms with E-state index < -0.39 is 5.91 Å². The molecule has 6 nitrogen and oxygen atoms in total. The van der Waals surface area contributed by atoms with Gasteiger partial charge in [-0.2, -0.15) is 10.2 Å². The first-order valence-corrected chi connectivity index (χ1v) is 9.82. The van der Waals surface area contributed by atoms with Crippen LogP contribution in [0.15, 0.2) is 54.7 Å². The molecule has 2 aromatic heterocycles. The molecule has 0 unspecified atom stereocenters. The van der Waals surface area contributed by atoms with Gasteiger partial charge >= 0.3 is 0 Å². The lowest BCUT2D eigenvalue weighted by molar-refractivity contribution is 0.102. The molecule has 0 atom stereocenters. The molecule has 4 rings (SSSR count). The maximum absolute atomic E-state index is 13.3. The Labute approximate surface area is 185 Å². The second-order valence-electron chi connectivity index (χ2n) is 6.40. The average molecular weight is 465 g/mol. The van der Waals surface area contributed by atoms with E-state index in [2.05, 4.69) is 20.6 Å². The number of hydrogen-bond donors (Lipinski definition) is 2. The van der Waals surface area contributed by atoms with E-state index in [0.29, 0.717) is 33.4 Å². The first kappa shape index (κ1) is 20.4. The molecule has 2 aromatic carbocycles. The molecule has 0 saturated carbocycles. The Hall–Kier alpha value is -2.87. The van der Waals surface area contributed by atoms with Crippen molar-refractivity contribution in [2.45, 2.75) is 6.54 Å². The van der Waals surface area contributed by atoms with E-state index >= 15 is 0 Å². The number of benzene rings is 2. The van der Waals surface area contributed by atoms with Gasteiger partial charge in [-0.3, -0.25) is 14.6 Å². The summed E-state index contributed by atoms with van der Waals surface area (Å²) in [7, 11) is 0. The maximum Gasteiger partial charge on any atom is 0.274 e. The summed E-state index contributed by atoms with van der Waals surface area (Å²) in [6.07, 6.45) is 1.55. The predicted octanol–water partition coefficient (Wildman–Crippen LogP) is 5.67. The normalized spacial score (nSPS) is 10.9. The summed E-state index contributed by atoms with van der Waals surface area (Å²) >= 11 is 18.1. The van der Waals surface area contributed by atoms with Gasteiger partial charge in [-0.05, 0) is 35.9 Å². The zero-order chi connectivity index (χ0) is 21.3. The molecular weight excluding hydrogens is 452 g/mol. The van der Waals surface area contributed by atoms with Crippen LogP contribution in [0.4, 0.5) is 10.2 Å². The Morgan fingerprint density at radius 3 is 2.67 bits per heavy atom. The van der Waals surface area contributed by atoms with E-state index in [4.69, 9.17) is 34.8 Å². The minimum absolute atomic E-state index is 0.184. The molecule has 4 aromatic rings. The van der Waals surface area contributed by atoms with Gasteiger partial charge < -0.3 is 5.32 Å². The molecule has 0 aliphatic heterocycles. The summed E-state index contributed by atoms with van der Waals surface area (Å²) < 4.78 is 14.9. The minimum Gasteiger partial charge on any atom is -0.302 e. The van der Waals surface area contributed by atoms with Gasteiger partial charge in [0, 0.05) is 11.8 Å². The van der Waals surface area contributed by atoms with E-state index in [-0.39, 0.29) is 22.4 Å². The van der Waals surface area contributed by atoms with Crippen LogP contribution >= 0.6 is 34.8 Å². The van der Waals surface area contributed by atoms with E-state index in [1.165, 1.54) is 16.8 Å². The number of carbonyl (C=O) groups is 1. The zero-order valence-electron chi connectivity index (χ0n) is 15.2. The molecule has 0 aliphatic rings. The monoisotopic (exact) mass is 463 g/mol. The topological polar surface area (TPSA) is 75.6 Å². The molecule has 0 saturated heterocycles. The highest BCUT2D eigenvalue weighted by Gasteiger charge is 2.16. The van der Waals surface area contributed by atoms with Gasteiger partial charge in [0.05, 0.1) is 22.3 Å². The van der Waals surface area contributed by atoms with E-state index in [1.54, 1.807) is 42.6 Å². The molecule has 2 N–H and O–H groups in total. The number of hydrogen-bond acceptors (Lipinski definition) is 3. The fourth-order valence-electron chi connectivity index (χ4n) is 2.80. The molecule has 30 heavy (non-hydrogen) atoms. The molecule has 0 spiro atoms. The van der Waals surface area contributed by atoms with Gasteiger partial charge in [-0.15, -0.1) is 0 Å². The van der Waals surface area contributed by atoms with Crippen LogP contribution in [0, 0.1) is 5.82 Å². The zero-order valence-corrected chi connectivity index (χ0v) is 17.4. The second-order valence-corrected chi connectivity index (χ2v) is 7.62. The lowest BCUT2D eigenvalue weighted by Crippen LogP contribution is -2.13. The van der Waals surface area contributed by atoms with Crippen LogP contribution in [-0.4, -0.2) is 25.9 Å². The highest BCUT2D eigenvalue weighted by atomic mass is 35.5. The highest BCUT2D eigenvalue weighted by molar-refractivity contribution is 6.42. The van der Waals surface area contributed by atoms with Gasteiger partial charge in [0.1, 0.15) is 16.5 Å². The number of amides is 1. The molecule has 10 heteroatoms. The number of carbonyl (C=O) groups excluding carboxylic acids is 1. The Bertz CT molecular complexity index is 1240.